The minimum Gasteiger partial charge on any atom is -0.449 e. The smallest absolute Gasteiger partial charge is 0.407 e. The van der Waals surface area contributed by atoms with Crippen LogP contribution in [-0.2, 0) is 9.47 Å². The number of fused-ring (bicyclic) bond motifs is 3. The molecular weight excluding hydrogens is 404 g/mol. The van der Waals surface area contributed by atoms with Crippen molar-refractivity contribution >= 4 is 12.2 Å². The monoisotopic (exact) mass is 438 g/mol. The number of hydrogen-bond donors (Lipinski definition) is 2. The molecule has 0 bridgehead atoms. The molecule has 32 heavy (non-hydrogen) atoms. The van der Waals surface area contributed by atoms with E-state index >= 15 is 0 Å². The highest BCUT2D eigenvalue weighted by molar-refractivity contribution is 5.79. The van der Waals surface area contributed by atoms with Gasteiger partial charge in [0.2, 0.25) is 0 Å². The Hall–Kier alpha value is -3.02. The second-order valence-corrected chi connectivity index (χ2v) is 9.10. The second kappa shape index (κ2) is 11.0. The first-order valence-electron chi connectivity index (χ1n) is 11.4. The molecule has 2 aromatic rings. The molecule has 0 spiro atoms. The van der Waals surface area contributed by atoms with Crippen LogP contribution in [0.3, 0.4) is 0 Å². The highest BCUT2D eigenvalue weighted by atomic mass is 16.6. The Morgan fingerprint density at radius 2 is 1.28 bits per heavy atom. The van der Waals surface area contributed by atoms with Gasteiger partial charge >= 0.3 is 12.2 Å². The van der Waals surface area contributed by atoms with Gasteiger partial charge in [-0.1, -0.05) is 61.4 Å². The molecule has 1 aliphatic rings. The molecule has 0 atom stereocenters. The van der Waals surface area contributed by atoms with E-state index < -0.39 is 5.60 Å². The third-order valence-electron chi connectivity index (χ3n) is 5.38. The van der Waals surface area contributed by atoms with E-state index in [1.54, 1.807) is 0 Å². The molecule has 172 valence electrons. The number of hydrogen-bond acceptors (Lipinski definition) is 4. The summed E-state index contributed by atoms with van der Waals surface area (Å²) in [6.07, 6.45) is 2.94. The van der Waals surface area contributed by atoms with Gasteiger partial charge in [-0.3, -0.25) is 0 Å². The van der Waals surface area contributed by atoms with Crippen molar-refractivity contribution in [3.8, 4) is 11.1 Å². The van der Waals surface area contributed by atoms with Crippen LogP contribution in [-0.4, -0.2) is 37.5 Å². The summed E-state index contributed by atoms with van der Waals surface area (Å²) in [5.74, 6) is 0.0747. The fourth-order valence-corrected chi connectivity index (χ4v) is 3.95. The van der Waals surface area contributed by atoms with Crippen molar-refractivity contribution in [1.82, 2.24) is 10.6 Å². The van der Waals surface area contributed by atoms with E-state index in [0.29, 0.717) is 19.7 Å². The summed E-state index contributed by atoms with van der Waals surface area (Å²) < 4.78 is 10.7. The maximum absolute atomic E-state index is 12.2. The Bertz CT molecular complexity index is 875. The number of rotatable bonds is 9. The van der Waals surface area contributed by atoms with Crippen LogP contribution in [0.4, 0.5) is 9.59 Å². The number of unbranched alkanes of at least 4 members (excludes halogenated alkanes) is 3. The SMILES string of the molecule is CC(C)(C)OC(=O)NCCCCCCNC(=O)OCC1c2ccccc2-c2ccccc21. The topological polar surface area (TPSA) is 76.7 Å². The molecule has 1 aliphatic carbocycles. The fraction of sp³-hybridized carbons (Fsp3) is 0.462. The molecule has 3 rings (SSSR count). The summed E-state index contributed by atoms with van der Waals surface area (Å²) >= 11 is 0. The first-order valence-corrected chi connectivity index (χ1v) is 11.4. The van der Waals surface area contributed by atoms with Gasteiger partial charge in [0.15, 0.2) is 0 Å². The molecule has 6 heteroatoms. The van der Waals surface area contributed by atoms with Crippen LogP contribution >= 0.6 is 0 Å². The summed E-state index contributed by atoms with van der Waals surface area (Å²) in [5, 5.41) is 5.59. The van der Waals surface area contributed by atoms with Crippen molar-refractivity contribution in [3.05, 3.63) is 59.7 Å². The van der Waals surface area contributed by atoms with Crippen LogP contribution in [0, 0.1) is 0 Å². The summed E-state index contributed by atoms with van der Waals surface area (Å²) in [6, 6.07) is 16.6. The predicted molar refractivity (Wildman–Crippen MR) is 126 cm³/mol. The Labute approximate surface area is 190 Å². The fourth-order valence-electron chi connectivity index (χ4n) is 3.95. The van der Waals surface area contributed by atoms with E-state index in [0.717, 1.165) is 25.7 Å². The van der Waals surface area contributed by atoms with E-state index in [4.69, 9.17) is 9.47 Å². The third-order valence-corrected chi connectivity index (χ3v) is 5.38. The highest BCUT2D eigenvalue weighted by Crippen LogP contribution is 2.44. The van der Waals surface area contributed by atoms with Crippen LogP contribution in [0.1, 0.15) is 63.5 Å². The van der Waals surface area contributed by atoms with Gasteiger partial charge in [-0.15, -0.1) is 0 Å². The van der Waals surface area contributed by atoms with Crippen molar-refractivity contribution in [1.29, 1.82) is 0 Å². The van der Waals surface area contributed by atoms with Crippen molar-refractivity contribution in [2.24, 2.45) is 0 Å². The summed E-state index contributed by atoms with van der Waals surface area (Å²) in [4.78, 5) is 23.7. The van der Waals surface area contributed by atoms with Crippen molar-refractivity contribution < 1.29 is 19.1 Å². The molecule has 2 aromatic carbocycles. The molecule has 2 N–H and O–H groups in total. The number of ether oxygens (including phenoxy) is 2. The van der Waals surface area contributed by atoms with Crippen molar-refractivity contribution in [2.75, 3.05) is 19.7 Å². The maximum Gasteiger partial charge on any atom is 0.407 e. The number of carbonyl (C=O) groups excluding carboxylic acids is 2. The lowest BCUT2D eigenvalue weighted by molar-refractivity contribution is 0.0527. The van der Waals surface area contributed by atoms with E-state index in [9.17, 15) is 9.59 Å². The Morgan fingerprint density at radius 3 is 1.81 bits per heavy atom. The molecule has 0 radical (unpaired) electrons. The number of alkyl carbamates (subject to hydrolysis) is 2. The molecule has 6 nitrogen and oxygen atoms in total. The molecule has 0 saturated carbocycles. The maximum atomic E-state index is 12.2. The Balaban J connectivity index is 1.29. The van der Waals surface area contributed by atoms with Crippen LogP contribution < -0.4 is 10.6 Å². The normalized spacial score (nSPS) is 12.6. The Kier molecular flexibility index (Phi) is 8.14. The highest BCUT2D eigenvalue weighted by Gasteiger charge is 2.28. The second-order valence-electron chi connectivity index (χ2n) is 9.10. The molecule has 0 unspecified atom stereocenters. The summed E-state index contributed by atoms with van der Waals surface area (Å²) in [6.45, 7) is 7.03. The van der Waals surface area contributed by atoms with Crippen LogP contribution in [0.5, 0.6) is 0 Å². The van der Waals surface area contributed by atoms with Gasteiger partial charge in [0.25, 0.3) is 0 Å². The van der Waals surface area contributed by atoms with E-state index in [1.165, 1.54) is 22.3 Å². The minimum atomic E-state index is -0.477. The van der Waals surface area contributed by atoms with Crippen LogP contribution in [0.25, 0.3) is 11.1 Å². The molecule has 0 fully saturated rings. The van der Waals surface area contributed by atoms with Crippen LogP contribution in [0.2, 0.25) is 0 Å². The van der Waals surface area contributed by atoms with Gasteiger partial charge in [0.1, 0.15) is 12.2 Å². The molecule has 0 saturated heterocycles. The molecular formula is C26H34N2O4. The Morgan fingerprint density at radius 1 is 0.781 bits per heavy atom. The first-order chi connectivity index (χ1) is 15.3. The number of amides is 2. The zero-order valence-electron chi connectivity index (χ0n) is 19.3. The number of benzene rings is 2. The third kappa shape index (κ3) is 6.74. The van der Waals surface area contributed by atoms with Gasteiger partial charge in [-0.25, -0.2) is 9.59 Å². The molecule has 0 heterocycles. The lowest BCUT2D eigenvalue weighted by atomic mass is 9.98. The van der Waals surface area contributed by atoms with Gasteiger partial charge in [0, 0.05) is 19.0 Å². The van der Waals surface area contributed by atoms with Gasteiger partial charge < -0.3 is 20.1 Å². The van der Waals surface area contributed by atoms with E-state index in [-0.39, 0.29) is 18.1 Å². The van der Waals surface area contributed by atoms with Crippen molar-refractivity contribution in [3.63, 3.8) is 0 Å². The quantitative estimate of drug-likeness (QED) is 0.499. The standard InChI is InChI=1S/C26H34N2O4/c1-26(2,3)32-25(30)28-17-11-5-4-10-16-27-24(29)31-18-23-21-14-8-6-12-19(21)20-13-7-9-15-22(20)23/h6-9,12-15,23H,4-5,10-11,16-18H2,1-3H3,(H,27,29)(H,28,30). The predicted octanol–water partition coefficient (Wildman–Crippen LogP) is 5.61. The largest absolute Gasteiger partial charge is 0.449 e. The zero-order chi connectivity index (χ0) is 23.0. The zero-order valence-corrected chi connectivity index (χ0v) is 19.3. The van der Waals surface area contributed by atoms with Crippen LogP contribution in [0.15, 0.2) is 48.5 Å². The average molecular weight is 439 g/mol. The van der Waals surface area contributed by atoms with E-state index in [2.05, 4.69) is 34.9 Å². The van der Waals surface area contributed by atoms with Gasteiger partial charge in [-0.2, -0.15) is 0 Å². The number of nitrogens with one attached hydrogen (secondary N) is 2. The lowest BCUT2D eigenvalue weighted by Gasteiger charge is -2.19. The minimum absolute atomic E-state index is 0.0747. The first kappa shape index (κ1) is 23.6. The van der Waals surface area contributed by atoms with Crippen molar-refractivity contribution in [2.45, 2.75) is 58.0 Å². The lowest BCUT2D eigenvalue weighted by Crippen LogP contribution is -2.33. The van der Waals surface area contributed by atoms with Gasteiger partial charge in [-0.05, 0) is 55.9 Å². The summed E-state index contributed by atoms with van der Waals surface area (Å²) in [5.41, 5.74) is 4.38. The molecule has 0 aromatic heterocycles. The average Bonchev–Trinajstić information content (AvgIpc) is 3.07. The molecule has 0 aliphatic heterocycles. The van der Waals surface area contributed by atoms with Gasteiger partial charge in [0.05, 0.1) is 0 Å². The molecule has 2 amide bonds. The van der Waals surface area contributed by atoms with E-state index in [1.807, 2.05) is 45.0 Å². The number of carbonyl (C=O) groups is 2. The summed E-state index contributed by atoms with van der Waals surface area (Å²) in [7, 11) is 0.